The summed E-state index contributed by atoms with van der Waals surface area (Å²) in [6, 6.07) is 5.13. The van der Waals surface area contributed by atoms with Gasteiger partial charge in [0.05, 0.1) is 18.1 Å². The first kappa shape index (κ1) is 12.4. The van der Waals surface area contributed by atoms with Crippen molar-refractivity contribution in [3.63, 3.8) is 0 Å². The first-order valence-electron chi connectivity index (χ1n) is 5.00. The summed E-state index contributed by atoms with van der Waals surface area (Å²) in [4.78, 5) is 7.18. The molecule has 0 N–H and O–H groups in total. The van der Waals surface area contributed by atoms with Gasteiger partial charge in [-0.1, -0.05) is 18.7 Å². The van der Waals surface area contributed by atoms with Gasteiger partial charge in [-0.05, 0) is 18.2 Å². The highest BCUT2D eigenvalue weighted by Crippen LogP contribution is 2.20. The second-order valence-corrected chi connectivity index (χ2v) is 5.28. The highest BCUT2D eigenvalue weighted by Gasteiger charge is 2.22. The number of hydrogen-bond acceptors (Lipinski definition) is 4. The number of hydrogen-bond donors (Lipinski definition) is 0. The van der Waals surface area contributed by atoms with E-state index in [9.17, 15) is 12.8 Å². The maximum Gasteiger partial charge on any atom is 0.228 e. The van der Waals surface area contributed by atoms with Crippen LogP contribution in [0, 0.1) is 5.82 Å². The molecule has 18 heavy (non-hydrogen) atoms. The maximum absolute atomic E-state index is 13.5. The quantitative estimate of drug-likeness (QED) is 0.851. The third kappa shape index (κ3) is 2.14. The van der Waals surface area contributed by atoms with Gasteiger partial charge < -0.3 is 0 Å². The van der Waals surface area contributed by atoms with Crippen molar-refractivity contribution in [3.8, 4) is 0 Å². The molecule has 1 aromatic carbocycles. The van der Waals surface area contributed by atoms with E-state index in [0.29, 0.717) is 5.69 Å². The molecule has 0 radical (unpaired) electrons. The van der Waals surface area contributed by atoms with E-state index in [2.05, 4.69) is 16.5 Å². The summed E-state index contributed by atoms with van der Waals surface area (Å²) in [6.45, 7) is 3.48. The summed E-state index contributed by atoms with van der Waals surface area (Å²) in [5.41, 5.74) is 0.447. The van der Waals surface area contributed by atoms with Gasteiger partial charge in [0, 0.05) is 0 Å². The highest BCUT2D eigenvalue weighted by atomic mass is 32.2. The number of halogens is 1. The minimum absolute atomic E-state index is 0.293. The van der Waals surface area contributed by atoms with Crippen molar-refractivity contribution >= 4 is 15.9 Å². The van der Waals surface area contributed by atoms with Crippen molar-refractivity contribution in [1.82, 2.24) is 9.97 Å². The average Bonchev–Trinajstić information content (AvgIpc) is 2.39. The zero-order chi connectivity index (χ0) is 13.2. The van der Waals surface area contributed by atoms with Crippen LogP contribution in [0.1, 0.15) is 5.69 Å². The lowest BCUT2D eigenvalue weighted by molar-refractivity contribution is 0.564. The van der Waals surface area contributed by atoms with E-state index in [1.165, 1.54) is 30.5 Å². The van der Waals surface area contributed by atoms with Gasteiger partial charge in [0.15, 0.2) is 5.03 Å². The molecule has 0 bridgehead atoms. The maximum atomic E-state index is 13.5. The highest BCUT2D eigenvalue weighted by molar-refractivity contribution is 7.91. The van der Waals surface area contributed by atoms with Crippen LogP contribution in [-0.2, 0) is 9.84 Å². The molecule has 0 aliphatic rings. The standard InChI is InChI=1S/C12H9FN2O2S/c1-2-9-7-15-12(8-14-9)18(16,17)11-6-4-3-5-10(11)13/h2-8H,1H2. The molecular weight excluding hydrogens is 255 g/mol. The van der Waals surface area contributed by atoms with E-state index in [1.54, 1.807) is 0 Å². The van der Waals surface area contributed by atoms with Crippen LogP contribution in [0.4, 0.5) is 4.39 Å². The largest absolute Gasteiger partial charge is 0.252 e. The summed E-state index contributed by atoms with van der Waals surface area (Å²) in [7, 11) is -3.98. The molecule has 0 aliphatic heterocycles. The predicted molar refractivity (Wildman–Crippen MR) is 64.0 cm³/mol. The molecule has 0 atom stereocenters. The van der Waals surface area contributed by atoms with E-state index in [4.69, 9.17) is 0 Å². The van der Waals surface area contributed by atoms with E-state index in [0.717, 1.165) is 12.3 Å². The summed E-state index contributed by atoms with van der Waals surface area (Å²) in [6.07, 6.45) is 3.78. The minimum Gasteiger partial charge on any atom is -0.252 e. The Hall–Kier alpha value is -2.08. The molecule has 0 unspecified atom stereocenters. The molecule has 0 aliphatic carbocycles. The first-order chi connectivity index (χ1) is 8.55. The normalized spacial score (nSPS) is 11.2. The van der Waals surface area contributed by atoms with Crippen LogP contribution in [0.15, 0.2) is 53.2 Å². The van der Waals surface area contributed by atoms with E-state index in [1.807, 2.05) is 0 Å². The van der Waals surface area contributed by atoms with Crippen LogP contribution in [0.5, 0.6) is 0 Å². The third-order valence-electron chi connectivity index (χ3n) is 2.26. The molecule has 4 nitrogen and oxygen atoms in total. The Kier molecular flexibility index (Phi) is 3.20. The van der Waals surface area contributed by atoms with Crippen LogP contribution in [0.25, 0.3) is 6.08 Å². The molecular formula is C12H9FN2O2S. The Bertz CT molecular complexity index is 681. The monoisotopic (exact) mass is 264 g/mol. The van der Waals surface area contributed by atoms with Gasteiger partial charge in [0.2, 0.25) is 9.84 Å². The third-order valence-corrected chi connectivity index (χ3v) is 3.93. The molecule has 0 saturated carbocycles. The lowest BCUT2D eigenvalue weighted by Gasteiger charge is -2.04. The SMILES string of the molecule is C=Cc1cnc(S(=O)(=O)c2ccccc2F)cn1. The Morgan fingerprint density at radius 2 is 1.89 bits per heavy atom. The van der Waals surface area contributed by atoms with Crippen LogP contribution in [0.2, 0.25) is 0 Å². The molecule has 0 spiro atoms. The van der Waals surface area contributed by atoms with Crippen LogP contribution >= 0.6 is 0 Å². The molecule has 2 rings (SSSR count). The lowest BCUT2D eigenvalue weighted by atomic mass is 10.3. The van der Waals surface area contributed by atoms with Crippen molar-refractivity contribution in [1.29, 1.82) is 0 Å². The fraction of sp³-hybridized carbons (Fsp3) is 0. The van der Waals surface area contributed by atoms with E-state index in [-0.39, 0.29) is 5.03 Å². The van der Waals surface area contributed by atoms with Gasteiger partial charge in [-0.25, -0.2) is 17.8 Å². The molecule has 2 aromatic rings. The fourth-order valence-corrected chi connectivity index (χ4v) is 2.54. The number of rotatable bonds is 3. The Labute approximate surface area is 104 Å². The van der Waals surface area contributed by atoms with Crippen molar-refractivity contribution in [2.45, 2.75) is 9.92 Å². The zero-order valence-electron chi connectivity index (χ0n) is 9.25. The molecule has 1 heterocycles. The van der Waals surface area contributed by atoms with Crippen molar-refractivity contribution in [3.05, 3.63) is 54.7 Å². The summed E-state index contributed by atoms with van der Waals surface area (Å²) < 4.78 is 37.6. The lowest BCUT2D eigenvalue weighted by Crippen LogP contribution is -2.07. The predicted octanol–water partition coefficient (Wildman–Crippen LogP) is 2.09. The number of aromatic nitrogens is 2. The number of benzene rings is 1. The van der Waals surface area contributed by atoms with Gasteiger partial charge in [0.25, 0.3) is 0 Å². The van der Waals surface area contributed by atoms with Gasteiger partial charge in [0.1, 0.15) is 10.7 Å². The molecule has 6 heteroatoms. The van der Waals surface area contributed by atoms with Gasteiger partial charge >= 0.3 is 0 Å². The van der Waals surface area contributed by atoms with Crippen molar-refractivity contribution in [2.75, 3.05) is 0 Å². The second-order valence-electron chi connectivity index (χ2n) is 3.42. The summed E-state index contributed by atoms with van der Waals surface area (Å²) in [5, 5.41) is -0.293. The second kappa shape index (κ2) is 4.66. The van der Waals surface area contributed by atoms with Crippen LogP contribution in [-0.4, -0.2) is 18.4 Å². The Balaban J connectivity index is 2.55. The summed E-state index contributed by atoms with van der Waals surface area (Å²) in [5.74, 6) is -0.813. The van der Waals surface area contributed by atoms with Crippen LogP contribution < -0.4 is 0 Å². The number of sulfone groups is 1. The summed E-state index contributed by atoms with van der Waals surface area (Å²) >= 11 is 0. The molecule has 1 aromatic heterocycles. The molecule has 92 valence electrons. The van der Waals surface area contributed by atoms with Gasteiger partial charge in [-0.2, -0.15) is 0 Å². The van der Waals surface area contributed by atoms with Crippen molar-refractivity contribution in [2.24, 2.45) is 0 Å². The minimum atomic E-state index is -3.98. The Morgan fingerprint density at radius 3 is 2.44 bits per heavy atom. The molecule has 0 saturated heterocycles. The number of nitrogens with zero attached hydrogens (tertiary/aromatic N) is 2. The molecule has 0 fully saturated rings. The van der Waals surface area contributed by atoms with Crippen LogP contribution in [0.3, 0.4) is 0 Å². The van der Waals surface area contributed by atoms with Gasteiger partial charge in [-0.15, -0.1) is 0 Å². The smallest absolute Gasteiger partial charge is 0.228 e. The molecule has 0 amide bonds. The van der Waals surface area contributed by atoms with E-state index < -0.39 is 20.5 Å². The Morgan fingerprint density at radius 1 is 1.17 bits per heavy atom. The first-order valence-corrected chi connectivity index (χ1v) is 6.48. The fourth-order valence-electron chi connectivity index (χ4n) is 1.35. The zero-order valence-corrected chi connectivity index (χ0v) is 10.1. The van der Waals surface area contributed by atoms with E-state index >= 15 is 0 Å². The van der Waals surface area contributed by atoms with Crippen molar-refractivity contribution < 1.29 is 12.8 Å². The topological polar surface area (TPSA) is 59.9 Å². The average molecular weight is 264 g/mol. The van der Waals surface area contributed by atoms with Gasteiger partial charge in [-0.3, -0.25) is 4.98 Å².